The Balaban J connectivity index is 1.66. The van der Waals surface area contributed by atoms with Crippen molar-refractivity contribution >= 4 is 17.6 Å². The van der Waals surface area contributed by atoms with Crippen molar-refractivity contribution in [1.82, 2.24) is 20.7 Å². The number of hydrogen-bond donors (Lipinski definition) is 3. The minimum atomic E-state index is -0.280. The maximum Gasteiger partial charge on any atom is 0.231 e. The van der Waals surface area contributed by atoms with Gasteiger partial charge < -0.3 is 16.1 Å². The van der Waals surface area contributed by atoms with Crippen LogP contribution in [0.2, 0.25) is 0 Å². The Morgan fingerprint density at radius 2 is 1.91 bits per heavy atom. The first-order valence-corrected chi connectivity index (χ1v) is 7.75. The number of hydrogen-bond acceptors (Lipinski definition) is 6. The number of aliphatic imine (C=N–C) groups is 1. The fourth-order valence-corrected chi connectivity index (χ4v) is 2.70. The maximum atomic E-state index is 11.0. The number of primary amides is 1. The molecule has 0 spiro atoms. The summed E-state index contributed by atoms with van der Waals surface area (Å²) < 4.78 is 0. The number of nitrogens with one attached hydrogen (secondary N) is 2. The van der Waals surface area contributed by atoms with Crippen molar-refractivity contribution in [2.24, 2.45) is 10.7 Å². The Labute approximate surface area is 135 Å². The lowest BCUT2D eigenvalue weighted by atomic mass is 10.1. The molecule has 23 heavy (non-hydrogen) atoms. The molecule has 122 valence electrons. The van der Waals surface area contributed by atoms with E-state index in [1.54, 1.807) is 0 Å². The Hall–Kier alpha value is -2.54. The van der Waals surface area contributed by atoms with Crippen LogP contribution in [0.15, 0.2) is 35.5 Å². The lowest BCUT2D eigenvalue weighted by Gasteiger charge is -2.36. The summed E-state index contributed by atoms with van der Waals surface area (Å²) >= 11 is 0. The third-order valence-electron chi connectivity index (χ3n) is 4.02. The van der Waals surface area contributed by atoms with Gasteiger partial charge in [0.15, 0.2) is 0 Å². The number of amides is 1. The van der Waals surface area contributed by atoms with Crippen molar-refractivity contribution in [3.63, 3.8) is 0 Å². The molecule has 4 N–H and O–H groups in total. The molecule has 7 heteroatoms. The Bertz CT molecular complexity index is 628. The van der Waals surface area contributed by atoms with Gasteiger partial charge in [-0.2, -0.15) is 0 Å². The molecule has 2 heterocycles. The number of nitrogens with zero attached hydrogens (tertiary/aromatic N) is 3. The highest BCUT2D eigenvalue weighted by Crippen LogP contribution is 2.18. The molecule has 0 unspecified atom stereocenters. The standard InChI is InChI=1S/C16H22N6O/c1-12-2-4-13(5-3-12)14-10-18-20-16(19-14)22-8-6-21(7-9-22)11-15(17)23/h2-5,10,18H,6-9,11H2,1H3,(H2,17,23)(H,19,20). The third kappa shape index (κ3) is 3.81. The van der Waals surface area contributed by atoms with E-state index < -0.39 is 0 Å². The number of rotatable bonds is 3. The molecule has 1 aromatic rings. The van der Waals surface area contributed by atoms with Crippen molar-refractivity contribution in [2.75, 3.05) is 32.7 Å². The van der Waals surface area contributed by atoms with Crippen molar-refractivity contribution in [3.8, 4) is 0 Å². The molecule has 0 radical (unpaired) electrons. The summed E-state index contributed by atoms with van der Waals surface area (Å²) in [5, 5.41) is 0. The summed E-state index contributed by atoms with van der Waals surface area (Å²) in [6.45, 7) is 5.60. The highest BCUT2D eigenvalue weighted by atomic mass is 16.1. The lowest BCUT2D eigenvalue weighted by molar-refractivity contribution is -0.119. The van der Waals surface area contributed by atoms with Gasteiger partial charge in [0.2, 0.25) is 11.9 Å². The summed E-state index contributed by atoms with van der Waals surface area (Å²) in [6, 6.07) is 8.30. The van der Waals surface area contributed by atoms with E-state index in [9.17, 15) is 4.79 Å². The number of hydrazine groups is 1. The minimum absolute atomic E-state index is 0.280. The van der Waals surface area contributed by atoms with Gasteiger partial charge in [0.05, 0.1) is 12.2 Å². The molecule has 0 bridgehead atoms. The SMILES string of the molecule is Cc1ccc(C2=CNNC(N3CCN(CC(N)=O)CC3)=N2)cc1. The number of guanidine groups is 1. The van der Waals surface area contributed by atoms with Crippen LogP contribution in [0.25, 0.3) is 5.70 Å². The second-order valence-electron chi connectivity index (χ2n) is 5.83. The number of aryl methyl sites for hydroxylation is 1. The lowest BCUT2D eigenvalue weighted by Crippen LogP contribution is -2.56. The van der Waals surface area contributed by atoms with Gasteiger partial charge in [-0.05, 0) is 6.92 Å². The maximum absolute atomic E-state index is 11.0. The van der Waals surface area contributed by atoms with Gasteiger partial charge in [-0.3, -0.25) is 15.1 Å². The molecule has 1 aromatic carbocycles. The van der Waals surface area contributed by atoms with Crippen LogP contribution in [0.1, 0.15) is 11.1 Å². The van der Waals surface area contributed by atoms with Gasteiger partial charge in [0.1, 0.15) is 0 Å². The van der Waals surface area contributed by atoms with E-state index in [1.165, 1.54) is 5.56 Å². The number of nitrogens with two attached hydrogens (primary N) is 1. The van der Waals surface area contributed by atoms with Crippen LogP contribution < -0.4 is 16.6 Å². The molecular weight excluding hydrogens is 292 g/mol. The highest BCUT2D eigenvalue weighted by Gasteiger charge is 2.22. The number of carbonyl (C=O) groups is 1. The van der Waals surface area contributed by atoms with Gasteiger partial charge in [0, 0.05) is 37.9 Å². The molecule has 2 aliphatic heterocycles. The van der Waals surface area contributed by atoms with Crippen LogP contribution in [0.4, 0.5) is 0 Å². The van der Waals surface area contributed by atoms with Crippen LogP contribution in [0, 0.1) is 6.92 Å². The van der Waals surface area contributed by atoms with Crippen molar-refractivity contribution in [2.45, 2.75) is 6.92 Å². The quantitative estimate of drug-likeness (QED) is 0.723. The molecule has 0 atom stereocenters. The predicted octanol–water partition coefficient (Wildman–Crippen LogP) is -0.140. The van der Waals surface area contributed by atoms with Crippen LogP contribution in [0.5, 0.6) is 0 Å². The first-order valence-electron chi connectivity index (χ1n) is 7.75. The number of carbonyl (C=O) groups excluding carboxylic acids is 1. The minimum Gasteiger partial charge on any atom is -0.369 e. The summed E-state index contributed by atoms with van der Waals surface area (Å²) in [6.07, 6.45) is 1.86. The summed E-state index contributed by atoms with van der Waals surface area (Å²) in [5.74, 6) is 0.527. The fraction of sp³-hybridized carbons (Fsp3) is 0.375. The molecule has 0 aliphatic carbocycles. The number of piperazine rings is 1. The van der Waals surface area contributed by atoms with E-state index in [0.717, 1.165) is 43.4 Å². The molecule has 2 aliphatic rings. The van der Waals surface area contributed by atoms with Crippen LogP contribution in [0.3, 0.4) is 0 Å². The van der Waals surface area contributed by atoms with Gasteiger partial charge in [-0.1, -0.05) is 29.8 Å². The Kier molecular flexibility index (Phi) is 4.47. The van der Waals surface area contributed by atoms with Crippen LogP contribution >= 0.6 is 0 Å². The third-order valence-corrected chi connectivity index (χ3v) is 4.02. The van der Waals surface area contributed by atoms with E-state index in [1.807, 2.05) is 6.20 Å². The molecule has 0 aromatic heterocycles. The average Bonchev–Trinajstić information content (AvgIpc) is 2.56. The summed E-state index contributed by atoms with van der Waals surface area (Å²) in [5.41, 5.74) is 14.6. The fourth-order valence-electron chi connectivity index (χ4n) is 2.70. The molecule has 3 rings (SSSR count). The van der Waals surface area contributed by atoms with Gasteiger partial charge in [-0.15, -0.1) is 0 Å². The number of benzene rings is 1. The Morgan fingerprint density at radius 1 is 1.22 bits per heavy atom. The second-order valence-corrected chi connectivity index (χ2v) is 5.83. The van der Waals surface area contributed by atoms with E-state index in [-0.39, 0.29) is 5.91 Å². The van der Waals surface area contributed by atoms with Gasteiger partial charge in [-0.25, -0.2) is 4.99 Å². The molecule has 1 saturated heterocycles. The van der Waals surface area contributed by atoms with Gasteiger partial charge >= 0.3 is 0 Å². The zero-order chi connectivity index (χ0) is 16.2. The molecule has 0 saturated carbocycles. The zero-order valence-corrected chi connectivity index (χ0v) is 13.2. The van der Waals surface area contributed by atoms with E-state index >= 15 is 0 Å². The van der Waals surface area contributed by atoms with E-state index in [2.05, 4.69) is 51.8 Å². The largest absolute Gasteiger partial charge is 0.369 e. The topological polar surface area (TPSA) is 86.0 Å². The van der Waals surface area contributed by atoms with Crippen LogP contribution in [-0.4, -0.2) is 54.4 Å². The second kappa shape index (κ2) is 6.70. The molecule has 1 amide bonds. The molecule has 1 fully saturated rings. The molecular formula is C16H22N6O. The monoisotopic (exact) mass is 314 g/mol. The highest BCUT2D eigenvalue weighted by molar-refractivity contribution is 5.88. The summed E-state index contributed by atoms with van der Waals surface area (Å²) in [4.78, 5) is 19.9. The zero-order valence-electron chi connectivity index (χ0n) is 13.2. The van der Waals surface area contributed by atoms with Crippen molar-refractivity contribution in [3.05, 3.63) is 41.6 Å². The molecule has 7 nitrogen and oxygen atoms in total. The van der Waals surface area contributed by atoms with Crippen LogP contribution in [-0.2, 0) is 4.79 Å². The van der Waals surface area contributed by atoms with E-state index in [4.69, 9.17) is 10.7 Å². The summed E-state index contributed by atoms with van der Waals surface area (Å²) in [7, 11) is 0. The van der Waals surface area contributed by atoms with Gasteiger partial charge in [0.25, 0.3) is 0 Å². The first kappa shape index (κ1) is 15.4. The first-order chi connectivity index (χ1) is 11.1. The predicted molar refractivity (Wildman–Crippen MR) is 90.1 cm³/mol. The smallest absolute Gasteiger partial charge is 0.231 e. The average molecular weight is 314 g/mol. The normalized spacial score (nSPS) is 18.6. The van der Waals surface area contributed by atoms with Crippen molar-refractivity contribution in [1.29, 1.82) is 0 Å². The van der Waals surface area contributed by atoms with E-state index in [0.29, 0.717) is 6.54 Å². The van der Waals surface area contributed by atoms with Crippen molar-refractivity contribution < 1.29 is 4.79 Å². The Morgan fingerprint density at radius 3 is 2.57 bits per heavy atom.